The van der Waals surface area contributed by atoms with E-state index >= 15 is 0 Å². The highest BCUT2D eigenvalue weighted by molar-refractivity contribution is 7.11. The van der Waals surface area contributed by atoms with E-state index in [1.807, 2.05) is 86.8 Å². The first-order valence-corrected chi connectivity index (χ1v) is 9.84. The van der Waals surface area contributed by atoms with Gasteiger partial charge in [-0.25, -0.2) is 4.98 Å². The van der Waals surface area contributed by atoms with Crippen LogP contribution in [-0.4, -0.2) is 16.4 Å². The molecule has 4 nitrogen and oxygen atoms in total. The molecule has 0 fully saturated rings. The smallest absolute Gasteiger partial charge is 0.202 e. The lowest BCUT2D eigenvalue weighted by Gasteiger charge is -2.27. The number of nitrogens with zero attached hydrogens (tertiary/aromatic N) is 2. The van der Waals surface area contributed by atoms with Crippen LogP contribution in [0.1, 0.15) is 31.3 Å². The first kappa shape index (κ1) is 19.8. The number of aliphatic hydroxyl groups excluding tert-OH is 1. The summed E-state index contributed by atoms with van der Waals surface area (Å²) in [6.07, 6.45) is -1.07. The summed E-state index contributed by atoms with van der Waals surface area (Å²) >= 11 is 1.38. The van der Waals surface area contributed by atoms with E-state index in [4.69, 9.17) is 4.74 Å². The second kappa shape index (κ2) is 8.39. The number of thiazole rings is 1. The van der Waals surface area contributed by atoms with Crippen molar-refractivity contribution in [2.75, 3.05) is 0 Å². The van der Waals surface area contributed by atoms with E-state index in [9.17, 15) is 10.4 Å². The normalized spacial score (nSPS) is 13.4. The monoisotopic (exact) mass is 390 g/mol. The number of nitriles is 1. The maximum absolute atomic E-state index is 10.5. The number of ether oxygens (including phenoxy) is 1. The Kier molecular flexibility index (Phi) is 5.93. The molecule has 2 aromatic carbocycles. The van der Waals surface area contributed by atoms with Gasteiger partial charge in [-0.15, -0.1) is 11.3 Å². The van der Waals surface area contributed by atoms with E-state index in [0.717, 1.165) is 16.8 Å². The second-order valence-electron chi connectivity index (χ2n) is 7.42. The average Bonchev–Trinajstić information content (AvgIpc) is 3.18. The molecule has 1 N–H and O–H groups in total. The van der Waals surface area contributed by atoms with Crippen LogP contribution >= 0.6 is 11.3 Å². The zero-order valence-corrected chi connectivity index (χ0v) is 16.9. The van der Waals surface area contributed by atoms with Crippen molar-refractivity contribution in [3.8, 4) is 17.3 Å². The van der Waals surface area contributed by atoms with Crippen molar-refractivity contribution in [2.24, 2.45) is 5.41 Å². The molecule has 0 saturated heterocycles. The Morgan fingerprint density at radius 3 is 2.25 bits per heavy atom. The Bertz CT molecular complexity index is 996. The van der Waals surface area contributed by atoms with Crippen molar-refractivity contribution in [3.05, 3.63) is 76.6 Å². The van der Waals surface area contributed by atoms with Crippen LogP contribution in [0.15, 0.2) is 66.0 Å². The highest BCUT2D eigenvalue weighted by Crippen LogP contribution is 2.34. The van der Waals surface area contributed by atoms with Crippen molar-refractivity contribution >= 4 is 22.7 Å². The van der Waals surface area contributed by atoms with Crippen molar-refractivity contribution in [3.63, 3.8) is 0 Å². The molecule has 0 spiro atoms. The van der Waals surface area contributed by atoms with Gasteiger partial charge >= 0.3 is 0 Å². The van der Waals surface area contributed by atoms with Crippen LogP contribution in [0.3, 0.4) is 0 Å². The molecule has 3 aromatic rings. The van der Waals surface area contributed by atoms with Gasteiger partial charge in [-0.2, -0.15) is 5.26 Å². The molecule has 1 unspecified atom stereocenters. The summed E-state index contributed by atoms with van der Waals surface area (Å²) in [4.78, 5) is 4.64. The Morgan fingerprint density at radius 1 is 1.07 bits per heavy atom. The lowest BCUT2D eigenvalue weighted by atomic mass is 9.96. The second-order valence-corrected chi connectivity index (χ2v) is 8.28. The molecule has 0 aliphatic heterocycles. The molecule has 5 heteroatoms. The Balaban J connectivity index is 2.09. The highest BCUT2D eigenvalue weighted by Gasteiger charge is 2.27. The standard InChI is InChI=1S/C23H22N2O2S/c1-23(2,3)22(26)27-20(17-12-8-5-9-13-17)18(14-24)21-25-19(15-28-21)16-10-6-4-7-11-16/h4-13,15,22,26H,1-3H3/b20-18-. The number of aromatic nitrogens is 1. The molecule has 0 amide bonds. The van der Waals surface area contributed by atoms with Gasteiger partial charge in [-0.05, 0) is 0 Å². The van der Waals surface area contributed by atoms with Crippen molar-refractivity contribution in [1.29, 1.82) is 5.26 Å². The van der Waals surface area contributed by atoms with Gasteiger partial charge in [-0.3, -0.25) is 0 Å². The van der Waals surface area contributed by atoms with Crippen LogP contribution in [0, 0.1) is 16.7 Å². The van der Waals surface area contributed by atoms with Gasteiger partial charge < -0.3 is 9.84 Å². The number of allylic oxidation sites excluding steroid dienone is 1. The number of rotatable bonds is 5. The summed E-state index contributed by atoms with van der Waals surface area (Å²) in [5.41, 5.74) is 2.32. The van der Waals surface area contributed by atoms with E-state index in [1.165, 1.54) is 11.3 Å². The first-order chi connectivity index (χ1) is 13.4. The fourth-order valence-corrected chi connectivity index (χ4v) is 3.29. The van der Waals surface area contributed by atoms with Gasteiger partial charge in [0.25, 0.3) is 0 Å². The fraction of sp³-hybridized carbons (Fsp3) is 0.217. The number of benzene rings is 2. The van der Waals surface area contributed by atoms with Crippen molar-refractivity contribution in [2.45, 2.75) is 27.1 Å². The molecule has 0 saturated carbocycles. The average molecular weight is 391 g/mol. The summed E-state index contributed by atoms with van der Waals surface area (Å²) in [7, 11) is 0. The third kappa shape index (κ3) is 4.48. The van der Waals surface area contributed by atoms with Gasteiger partial charge in [0.1, 0.15) is 16.6 Å². The minimum atomic E-state index is -1.07. The SMILES string of the molecule is CC(C)(C)C(O)O/C(=C(/C#N)c1nc(-c2ccccc2)cs1)c1ccccc1. The lowest BCUT2D eigenvalue weighted by Crippen LogP contribution is -2.28. The molecule has 0 radical (unpaired) electrons. The number of hydrogen-bond acceptors (Lipinski definition) is 5. The van der Waals surface area contributed by atoms with Crippen LogP contribution in [-0.2, 0) is 4.74 Å². The minimum absolute atomic E-state index is 0.307. The van der Waals surface area contributed by atoms with Crippen molar-refractivity contribution < 1.29 is 9.84 Å². The lowest BCUT2D eigenvalue weighted by molar-refractivity contribution is -0.111. The highest BCUT2D eigenvalue weighted by atomic mass is 32.1. The van der Waals surface area contributed by atoms with Gasteiger partial charge in [0, 0.05) is 21.9 Å². The quantitative estimate of drug-likeness (QED) is 0.351. The molecular formula is C23H22N2O2S. The summed E-state index contributed by atoms with van der Waals surface area (Å²) in [6.45, 7) is 5.63. The maximum atomic E-state index is 10.5. The molecule has 142 valence electrons. The molecule has 1 aromatic heterocycles. The molecule has 0 aliphatic carbocycles. The summed E-state index contributed by atoms with van der Waals surface area (Å²) in [5, 5.41) is 22.9. The predicted octanol–water partition coefficient (Wildman–Crippen LogP) is 5.58. The molecular weight excluding hydrogens is 368 g/mol. The van der Waals surface area contributed by atoms with E-state index < -0.39 is 11.7 Å². The topological polar surface area (TPSA) is 66.1 Å². The van der Waals surface area contributed by atoms with Crippen LogP contribution < -0.4 is 0 Å². The van der Waals surface area contributed by atoms with Crippen LogP contribution in [0.25, 0.3) is 22.6 Å². The number of hydrogen-bond donors (Lipinski definition) is 1. The molecule has 1 heterocycles. The Morgan fingerprint density at radius 2 is 1.68 bits per heavy atom. The molecule has 28 heavy (non-hydrogen) atoms. The van der Waals surface area contributed by atoms with Gasteiger partial charge in [-0.1, -0.05) is 81.4 Å². The van der Waals surface area contributed by atoms with Crippen molar-refractivity contribution in [1.82, 2.24) is 4.98 Å². The molecule has 1 atom stereocenters. The van der Waals surface area contributed by atoms with Gasteiger partial charge in [0.15, 0.2) is 5.76 Å². The van der Waals surface area contributed by atoms with E-state index in [2.05, 4.69) is 11.1 Å². The molecule has 3 rings (SSSR count). The zero-order valence-electron chi connectivity index (χ0n) is 16.1. The predicted molar refractivity (Wildman–Crippen MR) is 113 cm³/mol. The molecule has 0 bridgehead atoms. The van der Waals surface area contributed by atoms with Crippen LogP contribution in [0.5, 0.6) is 0 Å². The summed E-state index contributed by atoms with van der Waals surface area (Å²) < 4.78 is 5.90. The Hall–Kier alpha value is -2.94. The van der Waals surface area contributed by atoms with Gasteiger partial charge in [0.05, 0.1) is 5.69 Å². The van der Waals surface area contributed by atoms with E-state index in [1.54, 1.807) is 0 Å². The summed E-state index contributed by atoms with van der Waals surface area (Å²) in [5.74, 6) is 0.333. The van der Waals surface area contributed by atoms with E-state index in [0.29, 0.717) is 16.3 Å². The first-order valence-electron chi connectivity index (χ1n) is 8.96. The van der Waals surface area contributed by atoms with Crippen LogP contribution in [0.4, 0.5) is 0 Å². The van der Waals surface area contributed by atoms with E-state index in [-0.39, 0.29) is 0 Å². The molecule has 0 aliphatic rings. The fourth-order valence-electron chi connectivity index (χ4n) is 2.48. The Labute approximate surface area is 169 Å². The van der Waals surface area contributed by atoms with Crippen LogP contribution in [0.2, 0.25) is 0 Å². The minimum Gasteiger partial charge on any atom is -0.462 e. The largest absolute Gasteiger partial charge is 0.462 e. The third-order valence-corrected chi connectivity index (χ3v) is 4.99. The maximum Gasteiger partial charge on any atom is 0.202 e. The van der Waals surface area contributed by atoms with Gasteiger partial charge in [0.2, 0.25) is 6.29 Å². The number of aliphatic hydroxyl groups is 1. The summed E-state index contributed by atoms with van der Waals surface area (Å²) in [6, 6.07) is 21.4. The third-order valence-electron chi connectivity index (χ3n) is 4.13. The zero-order chi connectivity index (χ0) is 20.1.